The summed E-state index contributed by atoms with van der Waals surface area (Å²) in [4.78, 5) is 18.5. The first kappa shape index (κ1) is 17.8. The standard InChI is InChI=1S/C16H20N4O3S2/c1-25(22,23)19-13-7-9-20(10-8-13)16(21)18-15-17-14(11-24-15)12-5-3-2-4-6-12/h2-6,11,13,19H,7-10H2,1H3,(H,17,18,21). The Hall–Kier alpha value is -1.97. The number of benzene rings is 1. The molecule has 134 valence electrons. The lowest BCUT2D eigenvalue weighted by Crippen LogP contribution is -2.47. The van der Waals surface area contributed by atoms with Crippen LogP contribution in [0.15, 0.2) is 35.7 Å². The van der Waals surface area contributed by atoms with Gasteiger partial charge in [0.1, 0.15) is 0 Å². The van der Waals surface area contributed by atoms with Gasteiger partial charge in [0.2, 0.25) is 10.0 Å². The monoisotopic (exact) mass is 380 g/mol. The molecule has 2 heterocycles. The molecule has 0 spiro atoms. The molecule has 0 radical (unpaired) electrons. The highest BCUT2D eigenvalue weighted by Crippen LogP contribution is 2.25. The molecule has 1 aliphatic rings. The number of aromatic nitrogens is 1. The van der Waals surface area contributed by atoms with Crippen molar-refractivity contribution in [3.63, 3.8) is 0 Å². The lowest BCUT2D eigenvalue weighted by molar-refractivity contribution is 0.193. The van der Waals surface area contributed by atoms with Crippen molar-refractivity contribution in [3.8, 4) is 11.3 Å². The van der Waals surface area contributed by atoms with E-state index < -0.39 is 10.0 Å². The van der Waals surface area contributed by atoms with Crippen molar-refractivity contribution in [2.45, 2.75) is 18.9 Å². The van der Waals surface area contributed by atoms with E-state index in [0.717, 1.165) is 17.5 Å². The van der Waals surface area contributed by atoms with Crippen LogP contribution in [0, 0.1) is 0 Å². The van der Waals surface area contributed by atoms with Crippen molar-refractivity contribution >= 4 is 32.5 Å². The quantitative estimate of drug-likeness (QED) is 0.852. The highest BCUT2D eigenvalue weighted by Gasteiger charge is 2.25. The number of amides is 2. The lowest BCUT2D eigenvalue weighted by Gasteiger charge is -2.31. The molecule has 0 aliphatic carbocycles. The van der Waals surface area contributed by atoms with Crippen LogP contribution in [0.5, 0.6) is 0 Å². The summed E-state index contributed by atoms with van der Waals surface area (Å²) in [6.45, 7) is 1.02. The molecule has 2 aromatic rings. The zero-order valence-corrected chi connectivity index (χ0v) is 15.4. The van der Waals surface area contributed by atoms with Crippen LogP contribution in [0.25, 0.3) is 11.3 Å². The van der Waals surface area contributed by atoms with Crippen molar-refractivity contribution in [1.29, 1.82) is 0 Å². The summed E-state index contributed by atoms with van der Waals surface area (Å²) in [6, 6.07) is 9.47. The average Bonchev–Trinajstić information content (AvgIpc) is 3.03. The summed E-state index contributed by atoms with van der Waals surface area (Å²) >= 11 is 1.38. The van der Waals surface area contributed by atoms with E-state index >= 15 is 0 Å². The fourth-order valence-electron chi connectivity index (χ4n) is 2.75. The topological polar surface area (TPSA) is 91.4 Å². The van der Waals surface area contributed by atoms with Gasteiger partial charge in [-0.05, 0) is 12.8 Å². The van der Waals surface area contributed by atoms with E-state index in [-0.39, 0.29) is 12.1 Å². The fraction of sp³-hybridized carbons (Fsp3) is 0.375. The number of rotatable bonds is 4. The van der Waals surface area contributed by atoms with E-state index in [9.17, 15) is 13.2 Å². The Bertz CT molecular complexity index is 828. The number of piperidine rings is 1. The second kappa shape index (κ2) is 7.51. The lowest BCUT2D eigenvalue weighted by atomic mass is 10.1. The number of hydrogen-bond donors (Lipinski definition) is 2. The molecule has 2 N–H and O–H groups in total. The Kier molecular flexibility index (Phi) is 5.36. The number of urea groups is 1. The van der Waals surface area contributed by atoms with Crippen LogP contribution in [-0.2, 0) is 10.0 Å². The number of nitrogens with one attached hydrogen (secondary N) is 2. The molecule has 1 fully saturated rings. The third-order valence-electron chi connectivity index (χ3n) is 3.95. The molecule has 9 heteroatoms. The normalized spacial score (nSPS) is 16.0. The van der Waals surface area contributed by atoms with Crippen molar-refractivity contribution in [1.82, 2.24) is 14.6 Å². The third kappa shape index (κ3) is 5.00. The Morgan fingerprint density at radius 3 is 2.56 bits per heavy atom. The van der Waals surface area contributed by atoms with E-state index in [1.165, 1.54) is 11.3 Å². The number of hydrogen-bond acceptors (Lipinski definition) is 5. The van der Waals surface area contributed by atoms with Crippen molar-refractivity contribution < 1.29 is 13.2 Å². The maximum Gasteiger partial charge on any atom is 0.323 e. The molecule has 2 amide bonds. The van der Waals surface area contributed by atoms with E-state index in [0.29, 0.717) is 31.1 Å². The number of sulfonamides is 1. The fourth-order valence-corrected chi connectivity index (χ4v) is 4.30. The summed E-state index contributed by atoms with van der Waals surface area (Å²) in [7, 11) is -3.21. The molecular formula is C16H20N4O3S2. The maximum atomic E-state index is 12.3. The predicted octanol–water partition coefficient (Wildman–Crippen LogP) is 2.36. The zero-order valence-electron chi connectivity index (χ0n) is 13.8. The largest absolute Gasteiger partial charge is 0.324 e. The SMILES string of the molecule is CS(=O)(=O)NC1CCN(C(=O)Nc2nc(-c3ccccc3)cs2)CC1. The molecular weight excluding hydrogens is 360 g/mol. The van der Waals surface area contributed by atoms with Gasteiger partial charge >= 0.3 is 6.03 Å². The van der Waals surface area contributed by atoms with Crippen molar-refractivity contribution in [3.05, 3.63) is 35.7 Å². The molecule has 0 unspecified atom stereocenters. The summed E-state index contributed by atoms with van der Waals surface area (Å²) < 4.78 is 25.1. The van der Waals surface area contributed by atoms with Crippen LogP contribution in [0.1, 0.15) is 12.8 Å². The molecule has 25 heavy (non-hydrogen) atoms. The Morgan fingerprint density at radius 1 is 1.24 bits per heavy atom. The number of nitrogens with zero attached hydrogens (tertiary/aromatic N) is 2. The number of thiazole rings is 1. The van der Waals surface area contributed by atoms with Crippen LogP contribution >= 0.6 is 11.3 Å². The van der Waals surface area contributed by atoms with Crippen LogP contribution in [-0.4, -0.2) is 49.7 Å². The maximum absolute atomic E-state index is 12.3. The minimum Gasteiger partial charge on any atom is -0.324 e. The molecule has 3 rings (SSSR count). The van der Waals surface area contributed by atoms with Crippen LogP contribution in [0.4, 0.5) is 9.93 Å². The van der Waals surface area contributed by atoms with Gasteiger partial charge in [-0.25, -0.2) is 22.9 Å². The van der Waals surface area contributed by atoms with Crippen molar-refractivity contribution in [2.24, 2.45) is 0 Å². The van der Waals surface area contributed by atoms with E-state index in [2.05, 4.69) is 15.0 Å². The summed E-state index contributed by atoms with van der Waals surface area (Å²) in [5.41, 5.74) is 1.84. The Labute approximate surface area is 151 Å². The average molecular weight is 380 g/mol. The third-order valence-corrected chi connectivity index (χ3v) is 5.47. The van der Waals surface area contributed by atoms with Gasteiger partial charge in [-0.3, -0.25) is 5.32 Å². The van der Waals surface area contributed by atoms with Gasteiger partial charge in [-0.2, -0.15) is 0 Å². The van der Waals surface area contributed by atoms with Crippen LogP contribution < -0.4 is 10.0 Å². The highest BCUT2D eigenvalue weighted by atomic mass is 32.2. The predicted molar refractivity (Wildman–Crippen MR) is 99.1 cm³/mol. The Balaban J connectivity index is 1.54. The van der Waals surface area contributed by atoms with Gasteiger partial charge in [0.25, 0.3) is 0 Å². The van der Waals surface area contributed by atoms with Crippen LogP contribution in [0.2, 0.25) is 0 Å². The molecule has 0 saturated carbocycles. The number of likely N-dealkylation sites (tertiary alicyclic amines) is 1. The molecule has 7 nitrogen and oxygen atoms in total. The molecule has 0 bridgehead atoms. The van der Waals surface area contributed by atoms with E-state index in [4.69, 9.17) is 0 Å². The van der Waals surface area contributed by atoms with Gasteiger partial charge in [-0.1, -0.05) is 30.3 Å². The first-order chi connectivity index (χ1) is 11.9. The van der Waals surface area contributed by atoms with Crippen LogP contribution in [0.3, 0.4) is 0 Å². The van der Waals surface area contributed by atoms with Gasteiger partial charge in [-0.15, -0.1) is 11.3 Å². The van der Waals surface area contributed by atoms with Gasteiger partial charge in [0.15, 0.2) is 5.13 Å². The molecule has 0 atom stereocenters. The number of anilines is 1. The van der Waals surface area contributed by atoms with E-state index in [1.54, 1.807) is 4.90 Å². The zero-order chi connectivity index (χ0) is 17.9. The number of carbonyl (C=O) groups is 1. The summed E-state index contributed by atoms with van der Waals surface area (Å²) in [5, 5.41) is 5.29. The first-order valence-corrected chi connectivity index (χ1v) is 10.7. The first-order valence-electron chi connectivity index (χ1n) is 7.95. The molecule has 1 aromatic heterocycles. The smallest absolute Gasteiger partial charge is 0.323 e. The molecule has 1 aliphatic heterocycles. The molecule has 1 aromatic carbocycles. The minimum atomic E-state index is -3.21. The Morgan fingerprint density at radius 2 is 1.92 bits per heavy atom. The van der Waals surface area contributed by atoms with Gasteiger partial charge in [0, 0.05) is 30.1 Å². The summed E-state index contributed by atoms with van der Waals surface area (Å²) in [6.07, 6.45) is 2.36. The number of carbonyl (C=O) groups excluding carboxylic acids is 1. The molecule has 1 saturated heterocycles. The highest BCUT2D eigenvalue weighted by molar-refractivity contribution is 7.88. The minimum absolute atomic E-state index is 0.108. The van der Waals surface area contributed by atoms with E-state index in [1.807, 2.05) is 35.7 Å². The van der Waals surface area contributed by atoms with Gasteiger partial charge in [0.05, 0.1) is 11.9 Å². The van der Waals surface area contributed by atoms with Crippen molar-refractivity contribution in [2.75, 3.05) is 24.7 Å². The second-order valence-electron chi connectivity index (χ2n) is 5.99. The van der Waals surface area contributed by atoms with Gasteiger partial charge < -0.3 is 4.90 Å². The second-order valence-corrected chi connectivity index (χ2v) is 8.62. The summed E-state index contributed by atoms with van der Waals surface area (Å²) in [5.74, 6) is 0.